The van der Waals surface area contributed by atoms with Crippen molar-refractivity contribution in [3.63, 3.8) is 0 Å². The number of ketones is 1. The van der Waals surface area contributed by atoms with Crippen LogP contribution >= 0.6 is 0 Å². The molecule has 0 aliphatic carbocycles. The summed E-state index contributed by atoms with van der Waals surface area (Å²) in [4.78, 5) is 11.5. The molecule has 0 saturated heterocycles. The molecule has 0 aliphatic heterocycles. The van der Waals surface area contributed by atoms with E-state index in [1.54, 1.807) is 19.2 Å². The van der Waals surface area contributed by atoms with E-state index < -0.39 is 0 Å². The van der Waals surface area contributed by atoms with Crippen LogP contribution in [0, 0.1) is 0 Å². The number of hydrogen-bond donors (Lipinski definition) is 0. The molecule has 0 radical (unpaired) electrons. The van der Waals surface area contributed by atoms with Crippen molar-refractivity contribution in [2.24, 2.45) is 0 Å². The number of Topliss-reactive ketones (excluding diaryl/α,β-unsaturated/α-hetero) is 1. The van der Waals surface area contributed by atoms with E-state index >= 15 is 0 Å². The number of benzene rings is 1. The first-order chi connectivity index (χ1) is 7.99. The number of hydrogen-bond acceptors (Lipinski definition) is 4. The van der Waals surface area contributed by atoms with Crippen LogP contribution in [0.15, 0.2) is 12.1 Å². The molecule has 0 aromatic heterocycles. The van der Waals surface area contributed by atoms with Crippen LogP contribution in [0.3, 0.4) is 0 Å². The molecular weight excluding hydrogens is 220 g/mol. The third kappa shape index (κ3) is 3.12. The van der Waals surface area contributed by atoms with Crippen LogP contribution in [-0.2, 0) is 0 Å². The second-order valence-electron chi connectivity index (χ2n) is 3.93. The van der Waals surface area contributed by atoms with Crippen molar-refractivity contribution in [1.82, 2.24) is 0 Å². The third-order valence-corrected chi connectivity index (χ3v) is 2.23. The maximum absolute atomic E-state index is 11.5. The van der Waals surface area contributed by atoms with Gasteiger partial charge in [-0.25, -0.2) is 0 Å². The van der Waals surface area contributed by atoms with Gasteiger partial charge >= 0.3 is 0 Å². The van der Waals surface area contributed by atoms with E-state index in [0.717, 1.165) is 0 Å². The number of carbonyl (C=O) groups excluding carboxylic acids is 1. The zero-order chi connectivity index (χ0) is 13.0. The normalized spacial score (nSPS) is 10.2. The molecule has 0 amide bonds. The van der Waals surface area contributed by atoms with Gasteiger partial charge in [0, 0.05) is 6.07 Å². The summed E-state index contributed by atoms with van der Waals surface area (Å²) in [6, 6.07) is 3.31. The highest BCUT2D eigenvalue weighted by Crippen LogP contribution is 2.35. The summed E-state index contributed by atoms with van der Waals surface area (Å²) in [5, 5.41) is 0. The van der Waals surface area contributed by atoms with E-state index in [0.29, 0.717) is 22.8 Å². The Morgan fingerprint density at radius 3 is 2.06 bits per heavy atom. The highest BCUT2D eigenvalue weighted by molar-refractivity contribution is 5.97. The Bertz CT molecular complexity index is 410. The summed E-state index contributed by atoms with van der Waals surface area (Å²) in [5.41, 5.74) is 0.487. The molecule has 0 heterocycles. The highest BCUT2D eigenvalue weighted by atomic mass is 16.5. The zero-order valence-corrected chi connectivity index (χ0v) is 10.9. The Balaban J connectivity index is 3.27. The van der Waals surface area contributed by atoms with Gasteiger partial charge in [-0.2, -0.15) is 0 Å². The fourth-order valence-electron chi connectivity index (χ4n) is 1.49. The summed E-state index contributed by atoms with van der Waals surface area (Å²) in [6.07, 6.45) is 0.0248. The third-order valence-electron chi connectivity index (χ3n) is 2.23. The van der Waals surface area contributed by atoms with Crippen molar-refractivity contribution in [3.8, 4) is 17.2 Å². The average Bonchev–Trinajstić information content (AvgIpc) is 2.27. The Morgan fingerprint density at radius 1 is 1.06 bits per heavy atom. The highest BCUT2D eigenvalue weighted by Gasteiger charge is 2.15. The summed E-state index contributed by atoms with van der Waals surface area (Å²) >= 11 is 0. The maximum atomic E-state index is 11.5. The quantitative estimate of drug-likeness (QED) is 0.740. The van der Waals surface area contributed by atoms with Gasteiger partial charge < -0.3 is 14.2 Å². The number of ether oxygens (including phenoxy) is 3. The molecule has 0 fully saturated rings. The lowest BCUT2D eigenvalue weighted by molar-refractivity contribution is 0.101. The number of methoxy groups -OCH3 is 2. The molecule has 0 saturated carbocycles. The summed E-state index contributed by atoms with van der Waals surface area (Å²) in [5.74, 6) is 1.53. The topological polar surface area (TPSA) is 44.8 Å². The molecule has 4 heteroatoms. The Morgan fingerprint density at radius 2 is 1.65 bits per heavy atom. The molecule has 0 bridgehead atoms. The molecule has 0 aliphatic rings. The lowest BCUT2D eigenvalue weighted by Crippen LogP contribution is -2.08. The lowest BCUT2D eigenvalue weighted by Gasteiger charge is -2.16. The van der Waals surface area contributed by atoms with Gasteiger partial charge in [-0.15, -0.1) is 0 Å². The van der Waals surface area contributed by atoms with E-state index in [9.17, 15) is 4.79 Å². The van der Waals surface area contributed by atoms with E-state index in [2.05, 4.69) is 0 Å². The maximum Gasteiger partial charge on any atom is 0.165 e. The Kier molecular flexibility index (Phi) is 4.37. The van der Waals surface area contributed by atoms with Crippen molar-refractivity contribution in [2.45, 2.75) is 26.9 Å². The van der Waals surface area contributed by atoms with Crippen LogP contribution in [0.4, 0.5) is 0 Å². The van der Waals surface area contributed by atoms with Crippen molar-refractivity contribution in [1.29, 1.82) is 0 Å². The molecule has 94 valence electrons. The molecular formula is C13H18O4. The van der Waals surface area contributed by atoms with Crippen LogP contribution in [0.1, 0.15) is 31.1 Å². The van der Waals surface area contributed by atoms with Crippen molar-refractivity contribution >= 4 is 5.78 Å². The molecule has 0 spiro atoms. The van der Waals surface area contributed by atoms with Crippen molar-refractivity contribution < 1.29 is 19.0 Å². The molecule has 4 nitrogen and oxygen atoms in total. The van der Waals surface area contributed by atoms with Gasteiger partial charge in [0.2, 0.25) is 0 Å². The van der Waals surface area contributed by atoms with Gasteiger partial charge in [-0.1, -0.05) is 0 Å². The minimum atomic E-state index is -0.0729. The predicted octanol–water partition coefficient (Wildman–Crippen LogP) is 2.69. The fraction of sp³-hybridized carbons (Fsp3) is 0.462. The van der Waals surface area contributed by atoms with Gasteiger partial charge in [0.05, 0.1) is 25.9 Å². The monoisotopic (exact) mass is 238 g/mol. The van der Waals surface area contributed by atoms with Crippen molar-refractivity contribution in [2.75, 3.05) is 14.2 Å². The summed E-state index contributed by atoms with van der Waals surface area (Å²) in [6.45, 7) is 5.33. The molecule has 1 aromatic rings. The molecule has 1 rings (SSSR count). The smallest absolute Gasteiger partial charge is 0.165 e. The first-order valence-corrected chi connectivity index (χ1v) is 5.43. The van der Waals surface area contributed by atoms with Gasteiger partial charge in [0.25, 0.3) is 0 Å². The standard InChI is InChI=1S/C13H18O4/c1-8(2)17-13-7-11(15-4)10(9(3)14)6-12(13)16-5/h6-8H,1-5H3. The van der Waals surface area contributed by atoms with Crippen LogP contribution in [0.25, 0.3) is 0 Å². The largest absolute Gasteiger partial charge is 0.496 e. The van der Waals surface area contributed by atoms with Crippen LogP contribution in [0.2, 0.25) is 0 Å². The minimum absolute atomic E-state index is 0.0248. The molecule has 1 aromatic carbocycles. The molecule has 17 heavy (non-hydrogen) atoms. The minimum Gasteiger partial charge on any atom is -0.496 e. The first kappa shape index (κ1) is 13.4. The predicted molar refractivity (Wildman–Crippen MR) is 65.3 cm³/mol. The van der Waals surface area contributed by atoms with Crippen LogP contribution in [-0.4, -0.2) is 26.1 Å². The first-order valence-electron chi connectivity index (χ1n) is 5.43. The van der Waals surface area contributed by atoms with Gasteiger partial charge in [-0.3, -0.25) is 4.79 Å². The average molecular weight is 238 g/mol. The Labute approximate surface area is 101 Å². The van der Waals surface area contributed by atoms with Crippen LogP contribution < -0.4 is 14.2 Å². The van der Waals surface area contributed by atoms with Gasteiger partial charge in [0.1, 0.15) is 5.75 Å². The van der Waals surface area contributed by atoms with Crippen LogP contribution in [0.5, 0.6) is 17.2 Å². The Hall–Kier alpha value is -1.71. The number of carbonyl (C=O) groups is 1. The van der Waals surface area contributed by atoms with E-state index in [4.69, 9.17) is 14.2 Å². The van der Waals surface area contributed by atoms with Gasteiger partial charge in [0.15, 0.2) is 17.3 Å². The SMILES string of the molecule is COc1cc(C(C)=O)c(OC)cc1OC(C)C. The van der Waals surface area contributed by atoms with E-state index in [1.165, 1.54) is 14.0 Å². The van der Waals surface area contributed by atoms with E-state index in [-0.39, 0.29) is 11.9 Å². The van der Waals surface area contributed by atoms with E-state index in [1.807, 2.05) is 13.8 Å². The molecule has 0 N–H and O–H groups in total. The molecule has 0 atom stereocenters. The van der Waals surface area contributed by atoms with Crippen molar-refractivity contribution in [3.05, 3.63) is 17.7 Å². The second kappa shape index (κ2) is 5.57. The molecule has 0 unspecified atom stereocenters. The van der Waals surface area contributed by atoms with Gasteiger partial charge in [-0.05, 0) is 26.8 Å². The lowest BCUT2D eigenvalue weighted by atomic mass is 10.1. The number of rotatable bonds is 5. The second-order valence-corrected chi connectivity index (χ2v) is 3.93. The zero-order valence-electron chi connectivity index (χ0n) is 10.9. The summed E-state index contributed by atoms with van der Waals surface area (Å²) < 4.78 is 16.0. The summed E-state index contributed by atoms with van der Waals surface area (Å²) in [7, 11) is 3.06. The fourth-order valence-corrected chi connectivity index (χ4v) is 1.49.